The minimum absolute atomic E-state index is 0.0194. The fourth-order valence-corrected chi connectivity index (χ4v) is 4.92. The molecule has 3 unspecified atom stereocenters. The van der Waals surface area contributed by atoms with Crippen LogP contribution in [0.2, 0.25) is 0 Å². The van der Waals surface area contributed by atoms with Gasteiger partial charge in [-0.05, 0) is 63.0 Å². The predicted octanol–water partition coefficient (Wildman–Crippen LogP) is -2.45. The lowest BCUT2D eigenvalue weighted by atomic mass is 10.0. The number of ether oxygens (including phenoxy) is 3. The van der Waals surface area contributed by atoms with Crippen LogP contribution in [0.4, 0.5) is 0 Å². The second kappa shape index (κ2) is 33.3. The Morgan fingerprint density at radius 1 is 0.400 bits per heavy atom. The summed E-state index contributed by atoms with van der Waals surface area (Å²) >= 11 is 0. The van der Waals surface area contributed by atoms with Crippen LogP contribution in [0, 0.1) is 4.91 Å². The number of Topliss-reactive ketones (excluding diaryl/α,β-unsaturated/α-hetero) is 4. The number of rotatable bonds is 36. The van der Waals surface area contributed by atoms with Crippen LogP contribution in [0.15, 0.2) is 5.18 Å². The summed E-state index contributed by atoms with van der Waals surface area (Å²) in [5.41, 5.74) is 0. The fraction of sp³-hybridized carbons (Fsp3) is 0.703. The van der Waals surface area contributed by atoms with Crippen LogP contribution in [0.5, 0.6) is 0 Å². The first-order valence-electron chi connectivity index (χ1n) is 19.6. The molecule has 0 rings (SSSR count). The Bertz CT molecular complexity index is 1480. The molecule has 3 atom stereocenters. The molecule has 7 amide bonds. The van der Waals surface area contributed by atoms with Crippen molar-refractivity contribution in [3.8, 4) is 0 Å². The van der Waals surface area contributed by atoms with E-state index in [2.05, 4.69) is 42.4 Å². The molecule has 60 heavy (non-hydrogen) atoms. The van der Waals surface area contributed by atoms with E-state index in [1.54, 1.807) is 0 Å². The molecule has 23 heteroatoms. The van der Waals surface area contributed by atoms with Crippen LogP contribution in [0.3, 0.4) is 0 Å². The Morgan fingerprint density at radius 2 is 0.750 bits per heavy atom. The summed E-state index contributed by atoms with van der Waals surface area (Å²) in [4.78, 5) is 143. The molecule has 0 fully saturated rings. The van der Waals surface area contributed by atoms with Crippen molar-refractivity contribution < 1.29 is 67.0 Å². The van der Waals surface area contributed by atoms with Gasteiger partial charge in [-0.3, -0.25) is 52.7 Å². The van der Waals surface area contributed by atoms with E-state index in [1.807, 2.05) is 0 Å². The van der Waals surface area contributed by atoms with Gasteiger partial charge in [0.15, 0.2) is 6.73 Å². The Kier molecular flexibility index (Phi) is 30.2. The summed E-state index contributed by atoms with van der Waals surface area (Å²) in [6.07, 6.45) is 2.11. The van der Waals surface area contributed by atoms with Crippen LogP contribution >= 0.6 is 0 Å². The highest BCUT2D eigenvalue weighted by Crippen LogP contribution is 2.07. The van der Waals surface area contributed by atoms with Crippen molar-refractivity contribution >= 4 is 64.5 Å². The molecule has 0 spiro atoms. The Hall–Kier alpha value is -5.55. The summed E-state index contributed by atoms with van der Waals surface area (Å²) in [7, 11) is 0. The van der Waals surface area contributed by atoms with E-state index >= 15 is 0 Å². The van der Waals surface area contributed by atoms with Crippen LogP contribution in [-0.4, -0.2) is 149 Å². The molecule has 0 aromatic carbocycles. The number of hydrogen-bond donors (Lipinski definition) is 7. The van der Waals surface area contributed by atoms with Crippen molar-refractivity contribution in [2.45, 2.75) is 104 Å². The maximum absolute atomic E-state index is 13.5. The molecule has 0 aromatic rings. The first-order valence-corrected chi connectivity index (χ1v) is 19.6. The SMILES string of the molecule is CC(=O)C(=O)NCCCCC(NC(=O)C(C)=O)C(=O)NCCCCC(NC(=O)C(CCCCNC(=O)C(C)=O)NC(=O)C(C)=O)C(=O)NCCOCCOCCOCN=O. The van der Waals surface area contributed by atoms with E-state index in [0.717, 1.165) is 27.7 Å². The molecule has 7 N–H and O–H groups in total. The van der Waals surface area contributed by atoms with Crippen LogP contribution in [0.25, 0.3) is 0 Å². The van der Waals surface area contributed by atoms with Crippen LogP contribution < -0.4 is 37.2 Å². The number of amides is 7. The molecule has 0 aromatic heterocycles. The highest BCUT2D eigenvalue weighted by atomic mass is 16.5. The van der Waals surface area contributed by atoms with E-state index < -0.39 is 82.6 Å². The van der Waals surface area contributed by atoms with Crippen LogP contribution in [0.1, 0.15) is 85.5 Å². The molecule has 0 saturated carbocycles. The zero-order valence-electron chi connectivity index (χ0n) is 34.7. The normalized spacial score (nSPS) is 12.1. The summed E-state index contributed by atoms with van der Waals surface area (Å²) in [5.74, 6) is -8.45. The molecule has 0 aliphatic carbocycles. The average molecular weight is 857 g/mol. The molecule has 338 valence electrons. The van der Waals surface area contributed by atoms with Gasteiger partial charge < -0.3 is 51.4 Å². The molecular weight excluding hydrogens is 796 g/mol. The van der Waals surface area contributed by atoms with Crippen molar-refractivity contribution in [2.75, 3.05) is 65.9 Å². The lowest BCUT2D eigenvalue weighted by Gasteiger charge is -2.23. The highest BCUT2D eigenvalue weighted by Gasteiger charge is 2.28. The van der Waals surface area contributed by atoms with Gasteiger partial charge in [0.2, 0.25) is 40.9 Å². The minimum Gasteiger partial charge on any atom is -0.377 e. The highest BCUT2D eigenvalue weighted by molar-refractivity contribution is 6.36. The second-order valence-electron chi connectivity index (χ2n) is 13.3. The van der Waals surface area contributed by atoms with E-state index in [4.69, 9.17) is 14.2 Å². The lowest BCUT2D eigenvalue weighted by Crippen LogP contribution is -2.54. The number of nitrogens with zero attached hydrogens (tertiary/aromatic N) is 1. The largest absolute Gasteiger partial charge is 0.377 e. The number of nitrogens with one attached hydrogen (secondary N) is 7. The summed E-state index contributed by atoms with van der Waals surface area (Å²) in [5, 5.41) is 20.1. The number of nitroso groups, excluding NO2 is 1. The van der Waals surface area contributed by atoms with Gasteiger partial charge >= 0.3 is 0 Å². The first-order chi connectivity index (χ1) is 28.5. The predicted molar refractivity (Wildman–Crippen MR) is 210 cm³/mol. The third-order valence-corrected chi connectivity index (χ3v) is 8.22. The monoisotopic (exact) mass is 856 g/mol. The second-order valence-corrected chi connectivity index (χ2v) is 13.3. The topological polar surface area (TPSA) is 329 Å². The molecule has 0 radical (unpaired) electrons. The van der Waals surface area contributed by atoms with Crippen molar-refractivity contribution in [1.82, 2.24) is 37.2 Å². The summed E-state index contributed by atoms with van der Waals surface area (Å²) in [6.45, 7) is 5.28. The number of unbranched alkanes of at least 4 members (excludes halogenated alkanes) is 3. The van der Waals surface area contributed by atoms with Crippen molar-refractivity contribution in [3.63, 3.8) is 0 Å². The third-order valence-electron chi connectivity index (χ3n) is 8.22. The Balaban J connectivity index is 5.51. The maximum Gasteiger partial charge on any atom is 0.287 e. The van der Waals surface area contributed by atoms with Gasteiger partial charge in [0.05, 0.1) is 33.0 Å². The van der Waals surface area contributed by atoms with E-state index in [9.17, 15) is 57.6 Å². The minimum atomic E-state index is -1.24. The van der Waals surface area contributed by atoms with Crippen molar-refractivity contribution in [2.24, 2.45) is 5.18 Å². The fourth-order valence-electron chi connectivity index (χ4n) is 4.92. The number of ketones is 4. The van der Waals surface area contributed by atoms with Gasteiger partial charge in [-0.25, -0.2) is 0 Å². The van der Waals surface area contributed by atoms with E-state index in [1.165, 1.54) is 0 Å². The quantitative estimate of drug-likeness (QED) is 0.0195. The first kappa shape index (κ1) is 54.4. The zero-order chi connectivity index (χ0) is 45.3. The van der Waals surface area contributed by atoms with E-state index in [0.29, 0.717) is 25.7 Å². The molecule has 0 heterocycles. The standard InChI is InChI=1S/C37H60N8O15/c1-24(46)31(50)38-14-8-5-11-28(43-33(52)26(3)48)35(54)40-16-10-6-12-29(36(55)41-17-18-58-19-20-59-21-22-60-23-42-57)45-37(56)30(44-34(53)27(4)49)13-7-9-15-39-32(51)25(2)47/h28-30H,5-23H2,1-4H3,(H,38,50)(H,39,51)(H,40,54)(H,41,55)(H,43,52)(H,44,53)(H,45,56). The molecule has 0 bridgehead atoms. The summed E-state index contributed by atoms with van der Waals surface area (Å²) in [6, 6.07) is -3.46. The molecule has 23 nitrogen and oxygen atoms in total. The number of carbonyl (C=O) groups is 11. The molecule has 0 saturated heterocycles. The smallest absolute Gasteiger partial charge is 0.287 e. The Labute approximate surface area is 348 Å². The van der Waals surface area contributed by atoms with Crippen molar-refractivity contribution in [1.29, 1.82) is 0 Å². The van der Waals surface area contributed by atoms with Gasteiger partial charge in [-0.2, -0.15) is 0 Å². The number of carbonyl (C=O) groups excluding carboxylic acids is 11. The molecule has 0 aliphatic rings. The molecule has 0 aliphatic heterocycles. The zero-order valence-corrected chi connectivity index (χ0v) is 34.7. The van der Waals surface area contributed by atoms with Gasteiger partial charge in [-0.1, -0.05) is 0 Å². The maximum atomic E-state index is 13.5. The number of hydrogen-bond acceptors (Lipinski definition) is 16. The van der Waals surface area contributed by atoms with E-state index in [-0.39, 0.29) is 98.0 Å². The van der Waals surface area contributed by atoms with Gasteiger partial charge in [-0.15, -0.1) is 4.91 Å². The van der Waals surface area contributed by atoms with Crippen LogP contribution in [-0.2, 0) is 67.0 Å². The summed E-state index contributed by atoms with van der Waals surface area (Å²) < 4.78 is 15.6. The van der Waals surface area contributed by atoms with Gasteiger partial charge in [0.1, 0.15) is 18.1 Å². The lowest BCUT2D eigenvalue weighted by molar-refractivity contribution is -0.139. The Morgan fingerprint density at radius 3 is 1.17 bits per heavy atom. The van der Waals surface area contributed by atoms with Gasteiger partial charge in [0.25, 0.3) is 23.6 Å². The molecular formula is C37H60N8O15. The third kappa shape index (κ3) is 27.2. The van der Waals surface area contributed by atoms with Gasteiger partial charge in [0, 0.05) is 53.9 Å². The van der Waals surface area contributed by atoms with Crippen molar-refractivity contribution in [3.05, 3.63) is 4.91 Å². The average Bonchev–Trinajstić information content (AvgIpc) is 3.20.